The topological polar surface area (TPSA) is 75.4 Å². The van der Waals surface area contributed by atoms with Crippen molar-refractivity contribution in [2.45, 2.75) is 25.3 Å². The van der Waals surface area contributed by atoms with Crippen molar-refractivity contribution in [1.82, 2.24) is 5.32 Å². The Balaban J connectivity index is 2.30. The highest BCUT2D eigenvalue weighted by molar-refractivity contribution is 5.81. The Morgan fingerprint density at radius 2 is 2.06 bits per heavy atom. The lowest BCUT2D eigenvalue weighted by Gasteiger charge is -2.09. The van der Waals surface area contributed by atoms with Crippen molar-refractivity contribution < 1.29 is 9.90 Å². The SMILES string of the molecule is CNC(=O)[C@@H](N)CCCc1ccc(O)cc1. The average Bonchev–Trinajstić information content (AvgIpc) is 2.30. The minimum absolute atomic E-state index is 0.120. The molecule has 0 fully saturated rings. The molecule has 1 atom stereocenters. The normalized spacial score (nSPS) is 12.1. The Bertz CT molecular complexity index is 335. The molecular weight excluding hydrogens is 204 g/mol. The van der Waals surface area contributed by atoms with E-state index in [1.54, 1.807) is 19.2 Å². The van der Waals surface area contributed by atoms with E-state index in [0.717, 1.165) is 18.4 Å². The summed E-state index contributed by atoms with van der Waals surface area (Å²) in [4.78, 5) is 11.1. The van der Waals surface area contributed by atoms with Gasteiger partial charge in [0.2, 0.25) is 5.91 Å². The largest absolute Gasteiger partial charge is 0.508 e. The van der Waals surface area contributed by atoms with Crippen LogP contribution in [0.3, 0.4) is 0 Å². The van der Waals surface area contributed by atoms with Crippen molar-refractivity contribution >= 4 is 5.91 Å². The van der Waals surface area contributed by atoms with Crippen LogP contribution >= 0.6 is 0 Å². The molecular formula is C12H18N2O2. The molecule has 1 amide bonds. The maximum atomic E-state index is 11.1. The fraction of sp³-hybridized carbons (Fsp3) is 0.417. The van der Waals surface area contributed by atoms with Crippen molar-refractivity contribution in [1.29, 1.82) is 0 Å². The van der Waals surface area contributed by atoms with Crippen LogP contribution in [0.5, 0.6) is 5.75 Å². The highest BCUT2D eigenvalue weighted by atomic mass is 16.3. The first-order valence-electron chi connectivity index (χ1n) is 5.38. The highest BCUT2D eigenvalue weighted by Gasteiger charge is 2.10. The van der Waals surface area contributed by atoms with Gasteiger partial charge >= 0.3 is 0 Å². The molecule has 0 spiro atoms. The smallest absolute Gasteiger partial charge is 0.236 e. The van der Waals surface area contributed by atoms with Gasteiger partial charge in [-0.15, -0.1) is 0 Å². The fourth-order valence-electron chi connectivity index (χ4n) is 1.51. The Morgan fingerprint density at radius 3 is 2.62 bits per heavy atom. The molecule has 4 N–H and O–H groups in total. The number of hydrogen-bond acceptors (Lipinski definition) is 3. The van der Waals surface area contributed by atoms with E-state index in [4.69, 9.17) is 10.8 Å². The number of aryl methyl sites for hydroxylation is 1. The van der Waals surface area contributed by atoms with Gasteiger partial charge in [0, 0.05) is 7.05 Å². The van der Waals surface area contributed by atoms with Crippen molar-refractivity contribution in [2.24, 2.45) is 5.73 Å². The van der Waals surface area contributed by atoms with E-state index in [-0.39, 0.29) is 11.7 Å². The Labute approximate surface area is 95.5 Å². The molecule has 0 aliphatic heterocycles. The van der Waals surface area contributed by atoms with Crippen LogP contribution in [0.25, 0.3) is 0 Å². The Hall–Kier alpha value is -1.55. The number of likely N-dealkylation sites (N-methyl/N-ethyl adjacent to an activating group) is 1. The molecule has 0 radical (unpaired) electrons. The van der Waals surface area contributed by atoms with Gasteiger partial charge in [-0.1, -0.05) is 12.1 Å². The average molecular weight is 222 g/mol. The van der Waals surface area contributed by atoms with Crippen LogP contribution in [0, 0.1) is 0 Å². The van der Waals surface area contributed by atoms with E-state index in [2.05, 4.69) is 5.32 Å². The molecule has 1 aromatic carbocycles. The molecule has 0 saturated heterocycles. The minimum Gasteiger partial charge on any atom is -0.508 e. The summed E-state index contributed by atoms with van der Waals surface area (Å²) < 4.78 is 0. The molecule has 1 aromatic rings. The van der Waals surface area contributed by atoms with Crippen molar-refractivity contribution in [2.75, 3.05) is 7.05 Å². The van der Waals surface area contributed by atoms with Crippen LogP contribution < -0.4 is 11.1 Å². The number of phenolic OH excluding ortho intramolecular Hbond substituents is 1. The van der Waals surface area contributed by atoms with Crippen LogP contribution in [-0.2, 0) is 11.2 Å². The molecule has 0 bridgehead atoms. The monoisotopic (exact) mass is 222 g/mol. The molecule has 0 aliphatic rings. The second-order valence-corrected chi connectivity index (χ2v) is 3.78. The molecule has 0 aromatic heterocycles. The van der Waals surface area contributed by atoms with Gasteiger partial charge in [-0.25, -0.2) is 0 Å². The van der Waals surface area contributed by atoms with Gasteiger partial charge in [-0.05, 0) is 37.0 Å². The first-order valence-corrected chi connectivity index (χ1v) is 5.38. The van der Waals surface area contributed by atoms with Crippen LogP contribution in [0.2, 0.25) is 0 Å². The number of phenols is 1. The number of amides is 1. The molecule has 4 heteroatoms. The summed E-state index contributed by atoms with van der Waals surface area (Å²) in [7, 11) is 1.59. The molecule has 0 aliphatic carbocycles. The first kappa shape index (κ1) is 12.5. The number of aromatic hydroxyl groups is 1. The number of carbonyl (C=O) groups is 1. The molecule has 16 heavy (non-hydrogen) atoms. The summed E-state index contributed by atoms with van der Waals surface area (Å²) in [5, 5.41) is 11.6. The third-order valence-corrected chi connectivity index (χ3v) is 2.50. The molecule has 0 saturated carbocycles. The van der Waals surface area contributed by atoms with Crippen LogP contribution in [0.4, 0.5) is 0 Å². The number of nitrogens with two attached hydrogens (primary N) is 1. The van der Waals surface area contributed by atoms with E-state index in [1.807, 2.05) is 12.1 Å². The van der Waals surface area contributed by atoms with Crippen molar-refractivity contribution in [3.05, 3.63) is 29.8 Å². The van der Waals surface area contributed by atoms with Crippen LogP contribution in [0.1, 0.15) is 18.4 Å². The van der Waals surface area contributed by atoms with E-state index in [1.165, 1.54) is 0 Å². The zero-order valence-corrected chi connectivity index (χ0v) is 9.44. The lowest BCUT2D eigenvalue weighted by Crippen LogP contribution is -2.38. The van der Waals surface area contributed by atoms with E-state index in [9.17, 15) is 4.79 Å². The fourth-order valence-corrected chi connectivity index (χ4v) is 1.51. The summed E-state index contributed by atoms with van der Waals surface area (Å²) >= 11 is 0. The van der Waals surface area contributed by atoms with E-state index in [0.29, 0.717) is 6.42 Å². The molecule has 88 valence electrons. The molecule has 0 unspecified atom stereocenters. The zero-order valence-electron chi connectivity index (χ0n) is 9.44. The number of hydrogen-bond donors (Lipinski definition) is 3. The standard InChI is InChI=1S/C12H18N2O2/c1-14-12(16)11(13)4-2-3-9-5-7-10(15)8-6-9/h5-8,11,15H,2-4,13H2,1H3,(H,14,16)/t11-/m0/s1. The summed E-state index contributed by atoms with van der Waals surface area (Å²) in [6.45, 7) is 0. The number of benzene rings is 1. The summed E-state index contributed by atoms with van der Waals surface area (Å²) in [5.41, 5.74) is 6.80. The summed E-state index contributed by atoms with van der Waals surface area (Å²) in [5.74, 6) is 0.150. The predicted molar refractivity (Wildman–Crippen MR) is 63.1 cm³/mol. The van der Waals surface area contributed by atoms with Crippen molar-refractivity contribution in [3.63, 3.8) is 0 Å². The second-order valence-electron chi connectivity index (χ2n) is 3.78. The van der Waals surface area contributed by atoms with Gasteiger partial charge in [0.05, 0.1) is 6.04 Å². The van der Waals surface area contributed by atoms with Crippen molar-refractivity contribution in [3.8, 4) is 5.75 Å². The van der Waals surface area contributed by atoms with Gasteiger partial charge in [0.1, 0.15) is 5.75 Å². The Kier molecular flexibility index (Phi) is 4.79. The number of rotatable bonds is 5. The van der Waals surface area contributed by atoms with E-state index >= 15 is 0 Å². The molecule has 4 nitrogen and oxygen atoms in total. The lowest BCUT2D eigenvalue weighted by molar-refractivity contribution is -0.122. The van der Waals surface area contributed by atoms with Gasteiger partial charge in [-0.3, -0.25) is 4.79 Å². The van der Waals surface area contributed by atoms with E-state index < -0.39 is 6.04 Å². The van der Waals surface area contributed by atoms with Crippen LogP contribution in [0.15, 0.2) is 24.3 Å². The number of nitrogens with one attached hydrogen (secondary N) is 1. The van der Waals surface area contributed by atoms with Gasteiger partial charge in [0.25, 0.3) is 0 Å². The van der Waals surface area contributed by atoms with Gasteiger partial charge in [0.15, 0.2) is 0 Å². The predicted octanol–water partition coefficient (Wildman–Crippen LogP) is 0.788. The first-order chi connectivity index (χ1) is 7.63. The maximum Gasteiger partial charge on any atom is 0.236 e. The molecule has 1 rings (SSSR count). The van der Waals surface area contributed by atoms with Gasteiger partial charge < -0.3 is 16.2 Å². The zero-order chi connectivity index (χ0) is 12.0. The minimum atomic E-state index is -0.429. The quantitative estimate of drug-likeness (QED) is 0.689. The van der Waals surface area contributed by atoms with Crippen LogP contribution in [-0.4, -0.2) is 24.1 Å². The second kappa shape index (κ2) is 6.12. The maximum absolute atomic E-state index is 11.1. The third kappa shape index (κ3) is 3.90. The summed E-state index contributed by atoms with van der Waals surface area (Å²) in [6, 6.07) is 6.64. The molecule has 0 heterocycles. The third-order valence-electron chi connectivity index (χ3n) is 2.50. The summed E-state index contributed by atoms with van der Waals surface area (Å²) in [6.07, 6.45) is 2.39. The number of carbonyl (C=O) groups excluding carboxylic acids is 1. The highest BCUT2D eigenvalue weighted by Crippen LogP contribution is 2.12. The lowest BCUT2D eigenvalue weighted by atomic mass is 10.0. The van der Waals surface area contributed by atoms with Gasteiger partial charge in [-0.2, -0.15) is 0 Å². The Morgan fingerprint density at radius 1 is 1.44 bits per heavy atom.